The van der Waals surface area contributed by atoms with E-state index in [1.807, 2.05) is 30.3 Å². The number of ether oxygens (including phenoxy) is 1. The molecular formula is C13H15N3O2. The molecule has 1 aromatic carbocycles. The van der Waals surface area contributed by atoms with E-state index in [1.165, 1.54) is 0 Å². The van der Waals surface area contributed by atoms with E-state index >= 15 is 0 Å². The summed E-state index contributed by atoms with van der Waals surface area (Å²) in [7, 11) is 0. The molecule has 94 valence electrons. The SMILES string of the molecule is C=CCC(N)c1nc(COc2ccccc2)no1. The number of hydrogen-bond acceptors (Lipinski definition) is 5. The van der Waals surface area contributed by atoms with Crippen molar-refractivity contribution >= 4 is 0 Å². The zero-order valence-corrected chi connectivity index (χ0v) is 9.95. The van der Waals surface area contributed by atoms with E-state index in [1.54, 1.807) is 6.08 Å². The molecule has 18 heavy (non-hydrogen) atoms. The van der Waals surface area contributed by atoms with Crippen LogP contribution in [0.15, 0.2) is 47.5 Å². The minimum atomic E-state index is -0.305. The van der Waals surface area contributed by atoms with Crippen LogP contribution in [0.25, 0.3) is 0 Å². The lowest BCUT2D eigenvalue weighted by molar-refractivity contribution is 0.284. The molecule has 2 aromatic rings. The van der Waals surface area contributed by atoms with Gasteiger partial charge in [-0.1, -0.05) is 29.4 Å². The van der Waals surface area contributed by atoms with Crippen LogP contribution in [0.3, 0.4) is 0 Å². The average molecular weight is 245 g/mol. The van der Waals surface area contributed by atoms with E-state index in [4.69, 9.17) is 15.0 Å². The summed E-state index contributed by atoms with van der Waals surface area (Å²) in [6.07, 6.45) is 2.32. The second-order valence-corrected chi connectivity index (χ2v) is 3.78. The smallest absolute Gasteiger partial charge is 0.244 e. The summed E-state index contributed by atoms with van der Waals surface area (Å²) in [5.41, 5.74) is 5.82. The van der Waals surface area contributed by atoms with E-state index in [2.05, 4.69) is 16.7 Å². The Labute approximate surface area is 105 Å². The summed E-state index contributed by atoms with van der Waals surface area (Å²) in [5.74, 6) is 1.65. The van der Waals surface area contributed by atoms with Gasteiger partial charge in [0.2, 0.25) is 11.7 Å². The lowest BCUT2D eigenvalue weighted by Crippen LogP contribution is -2.09. The van der Waals surface area contributed by atoms with Gasteiger partial charge in [0.25, 0.3) is 0 Å². The fourth-order valence-electron chi connectivity index (χ4n) is 1.42. The number of nitrogens with two attached hydrogens (primary N) is 1. The van der Waals surface area contributed by atoms with Gasteiger partial charge in [0.15, 0.2) is 6.61 Å². The third-order valence-electron chi connectivity index (χ3n) is 2.33. The molecular weight excluding hydrogens is 230 g/mol. The van der Waals surface area contributed by atoms with Crippen LogP contribution < -0.4 is 10.5 Å². The van der Waals surface area contributed by atoms with Crippen molar-refractivity contribution in [3.05, 3.63) is 54.7 Å². The van der Waals surface area contributed by atoms with Gasteiger partial charge in [-0.2, -0.15) is 4.98 Å². The minimum Gasteiger partial charge on any atom is -0.485 e. The quantitative estimate of drug-likeness (QED) is 0.790. The first-order valence-electron chi connectivity index (χ1n) is 5.66. The predicted molar refractivity (Wildman–Crippen MR) is 66.8 cm³/mol. The van der Waals surface area contributed by atoms with Crippen molar-refractivity contribution in [1.82, 2.24) is 10.1 Å². The van der Waals surface area contributed by atoms with E-state index in [-0.39, 0.29) is 12.6 Å². The van der Waals surface area contributed by atoms with E-state index < -0.39 is 0 Å². The molecule has 1 aromatic heterocycles. The van der Waals surface area contributed by atoms with Crippen molar-refractivity contribution in [2.45, 2.75) is 19.1 Å². The molecule has 0 aliphatic heterocycles. The first kappa shape index (κ1) is 12.3. The summed E-state index contributed by atoms with van der Waals surface area (Å²) in [4.78, 5) is 4.17. The van der Waals surface area contributed by atoms with Crippen LogP contribution in [0.2, 0.25) is 0 Å². The number of para-hydroxylation sites is 1. The second-order valence-electron chi connectivity index (χ2n) is 3.78. The third kappa shape index (κ3) is 3.18. The Morgan fingerprint density at radius 3 is 2.89 bits per heavy atom. The Hall–Kier alpha value is -2.14. The van der Waals surface area contributed by atoms with Crippen LogP contribution in [-0.4, -0.2) is 10.1 Å². The normalized spacial score (nSPS) is 12.1. The molecule has 1 atom stereocenters. The molecule has 5 nitrogen and oxygen atoms in total. The highest BCUT2D eigenvalue weighted by molar-refractivity contribution is 5.20. The number of hydrogen-bond donors (Lipinski definition) is 1. The van der Waals surface area contributed by atoms with Crippen LogP contribution in [0.1, 0.15) is 24.2 Å². The molecule has 0 radical (unpaired) electrons. The van der Waals surface area contributed by atoms with Gasteiger partial charge in [0, 0.05) is 0 Å². The standard InChI is InChI=1S/C13H15N3O2/c1-2-6-11(14)13-15-12(16-18-13)9-17-10-7-4-3-5-8-10/h2-5,7-8,11H,1,6,9,14H2. The van der Waals surface area contributed by atoms with Gasteiger partial charge in [0.1, 0.15) is 5.75 Å². The Kier molecular flexibility index (Phi) is 4.09. The van der Waals surface area contributed by atoms with E-state index in [0.29, 0.717) is 18.1 Å². The monoisotopic (exact) mass is 245 g/mol. The van der Waals surface area contributed by atoms with Crippen LogP contribution in [-0.2, 0) is 6.61 Å². The first-order valence-corrected chi connectivity index (χ1v) is 5.66. The van der Waals surface area contributed by atoms with Gasteiger partial charge < -0.3 is 15.0 Å². The second kappa shape index (κ2) is 5.97. The molecule has 0 fully saturated rings. The van der Waals surface area contributed by atoms with E-state index in [0.717, 1.165) is 5.75 Å². The molecule has 0 aliphatic rings. The van der Waals surface area contributed by atoms with Gasteiger partial charge >= 0.3 is 0 Å². The summed E-state index contributed by atoms with van der Waals surface area (Å²) in [6.45, 7) is 3.87. The molecule has 0 amide bonds. The number of nitrogens with zero attached hydrogens (tertiary/aromatic N) is 2. The lowest BCUT2D eigenvalue weighted by atomic mass is 10.2. The fraction of sp³-hybridized carbons (Fsp3) is 0.231. The highest BCUT2D eigenvalue weighted by atomic mass is 16.5. The predicted octanol–water partition coefficient (Wildman–Crippen LogP) is 2.22. The molecule has 0 saturated heterocycles. The average Bonchev–Trinajstić information content (AvgIpc) is 2.87. The molecule has 0 saturated carbocycles. The number of rotatable bonds is 6. The van der Waals surface area contributed by atoms with Crippen molar-refractivity contribution in [1.29, 1.82) is 0 Å². The summed E-state index contributed by atoms with van der Waals surface area (Å²) in [5, 5.41) is 3.81. The number of benzene rings is 1. The van der Waals surface area contributed by atoms with E-state index in [9.17, 15) is 0 Å². The van der Waals surface area contributed by atoms with Gasteiger partial charge in [0.05, 0.1) is 6.04 Å². The highest BCUT2D eigenvalue weighted by Gasteiger charge is 2.13. The van der Waals surface area contributed by atoms with Crippen molar-refractivity contribution in [2.24, 2.45) is 5.73 Å². The van der Waals surface area contributed by atoms with Gasteiger partial charge in [-0.05, 0) is 18.6 Å². The molecule has 0 spiro atoms. The zero-order valence-electron chi connectivity index (χ0n) is 9.95. The molecule has 2 N–H and O–H groups in total. The van der Waals surface area contributed by atoms with Crippen molar-refractivity contribution in [3.8, 4) is 5.75 Å². The Balaban J connectivity index is 1.93. The fourth-order valence-corrected chi connectivity index (χ4v) is 1.42. The molecule has 0 aliphatic carbocycles. The molecule has 1 heterocycles. The first-order chi connectivity index (χ1) is 8.79. The largest absolute Gasteiger partial charge is 0.485 e. The molecule has 2 rings (SSSR count). The molecule has 5 heteroatoms. The topological polar surface area (TPSA) is 74.2 Å². The van der Waals surface area contributed by atoms with Crippen molar-refractivity contribution in [2.75, 3.05) is 0 Å². The van der Waals surface area contributed by atoms with Crippen LogP contribution in [0, 0.1) is 0 Å². The van der Waals surface area contributed by atoms with Crippen LogP contribution >= 0.6 is 0 Å². The van der Waals surface area contributed by atoms with Crippen molar-refractivity contribution < 1.29 is 9.26 Å². The Morgan fingerprint density at radius 2 is 2.17 bits per heavy atom. The van der Waals surface area contributed by atoms with Gasteiger partial charge in [-0.15, -0.1) is 6.58 Å². The summed E-state index contributed by atoms with van der Waals surface area (Å²) < 4.78 is 10.6. The maximum atomic E-state index is 5.82. The summed E-state index contributed by atoms with van der Waals surface area (Å²) >= 11 is 0. The minimum absolute atomic E-state index is 0.258. The van der Waals surface area contributed by atoms with Gasteiger partial charge in [-0.3, -0.25) is 0 Å². The Morgan fingerprint density at radius 1 is 1.39 bits per heavy atom. The molecule has 0 bridgehead atoms. The lowest BCUT2D eigenvalue weighted by Gasteiger charge is -2.02. The Bertz CT molecular complexity index is 496. The highest BCUT2D eigenvalue weighted by Crippen LogP contribution is 2.14. The zero-order chi connectivity index (χ0) is 12.8. The van der Waals surface area contributed by atoms with Crippen molar-refractivity contribution in [3.63, 3.8) is 0 Å². The van der Waals surface area contributed by atoms with Gasteiger partial charge in [-0.25, -0.2) is 0 Å². The molecule has 1 unspecified atom stereocenters. The van der Waals surface area contributed by atoms with Crippen LogP contribution in [0.5, 0.6) is 5.75 Å². The maximum absolute atomic E-state index is 5.82. The maximum Gasteiger partial charge on any atom is 0.244 e. The third-order valence-corrected chi connectivity index (χ3v) is 2.33. The summed E-state index contributed by atoms with van der Waals surface area (Å²) in [6, 6.07) is 9.15. The number of aromatic nitrogens is 2. The van der Waals surface area contributed by atoms with Crippen LogP contribution in [0.4, 0.5) is 0 Å².